The number of carboxylic acid groups (broad SMARTS) is 1. The van der Waals surface area contributed by atoms with Gasteiger partial charge in [-0.15, -0.1) is 0 Å². The van der Waals surface area contributed by atoms with Gasteiger partial charge in [-0.3, -0.25) is 4.98 Å². The van der Waals surface area contributed by atoms with E-state index in [0.29, 0.717) is 30.5 Å². The SMILES string of the molecule is CC(C)C1CC(Oc2ccnc(N3CCC(NC(=S)Nc4cccnc4)CC3)c2)CCN1C(=O)O. The molecule has 0 radical (unpaired) electrons. The number of amides is 1. The highest BCUT2D eigenvalue weighted by Gasteiger charge is 2.34. The quantitative estimate of drug-likeness (QED) is 0.510. The molecule has 0 saturated carbocycles. The molecule has 3 N–H and O–H groups in total. The fourth-order valence-corrected chi connectivity index (χ4v) is 5.11. The van der Waals surface area contributed by atoms with Gasteiger partial charge in [0.15, 0.2) is 5.11 Å². The van der Waals surface area contributed by atoms with Crippen molar-refractivity contribution in [2.45, 2.75) is 57.7 Å². The predicted octanol–water partition coefficient (Wildman–Crippen LogP) is 3.98. The van der Waals surface area contributed by atoms with Gasteiger partial charge in [-0.05, 0) is 49.2 Å². The van der Waals surface area contributed by atoms with Crippen LogP contribution in [0.4, 0.5) is 16.3 Å². The van der Waals surface area contributed by atoms with Crippen LogP contribution in [-0.2, 0) is 0 Å². The van der Waals surface area contributed by atoms with Crippen molar-refractivity contribution in [1.82, 2.24) is 20.2 Å². The fraction of sp³-hybridized carbons (Fsp3) is 0.520. The smallest absolute Gasteiger partial charge is 0.407 e. The molecule has 2 atom stereocenters. The van der Waals surface area contributed by atoms with E-state index in [2.05, 4.69) is 39.3 Å². The van der Waals surface area contributed by atoms with E-state index in [9.17, 15) is 9.90 Å². The third kappa shape index (κ3) is 6.72. The number of aromatic nitrogens is 2. The van der Waals surface area contributed by atoms with Gasteiger partial charge in [0.2, 0.25) is 0 Å². The number of likely N-dealkylation sites (tertiary alicyclic amines) is 1. The minimum absolute atomic E-state index is 0.00323. The number of pyridine rings is 2. The molecule has 2 saturated heterocycles. The lowest BCUT2D eigenvalue weighted by Gasteiger charge is -2.40. The van der Waals surface area contributed by atoms with Crippen molar-refractivity contribution in [3.05, 3.63) is 42.9 Å². The highest BCUT2D eigenvalue weighted by Crippen LogP contribution is 2.29. The van der Waals surface area contributed by atoms with Crippen molar-refractivity contribution in [3.8, 4) is 5.75 Å². The molecular weight excluding hydrogens is 464 g/mol. The minimum Gasteiger partial charge on any atom is -0.490 e. The van der Waals surface area contributed by atoms with Gasteiger partial charge < -0.3 is 30.3 Å². The molecule has 2 aliphatic rings. The van der Waals surface area contributed by atoms with Gasteiger partial charge in [0.05, 0.1) is 11.9 Å². The molecule has 2 aromatic heterocycles. The molecule has 4 heterocycles. The normalized spacial score (nSPS) is 21.0. The molecule has 2 fully saturated rings. The minimum atomic E-state index is -0.847. The van der Waals surface area contributed by atoms with Crippen molar-refractivity contribution < 1.29 is 14.6 Å². The number of nitrogens with zero attached hydrogens (tertiary/aromatic N) is 4. The van der Waals surface area contributed by atoms with Crippen LogP contribution in [0.1, 0.15) is 39.5 Å². The number of hydrogen-bond acceptors (Lipinski definition) is 6. The summed E-state index contributed by atoms with van der Waals surface area (Å²) in [6, 6.07) is 7.95. The van der Waals surface area contributed by atoms with Crippen molar-refractivity contribution in [2.24, 2.45) is 5.92 Å². The van der Waals surface area contributed by atoms with Gasteiger partial charge in [-0.1, -0.05) is 13.8 Å². The van der Waals surface area contributed by atoms with Gasteiger partial charge in [0.1, 0.15) is 17.7 Å². The second-order valence-electron chi connectivity index (χ2n) is 9.50. The molecule has 0 spiro atoms. The van der Waals surface area contributed by atoms with E-state index in [0.717, 1.165) is 43.2 Å². The monoisotopic (exact) mass is 498 g/mol. The Morgan fingerprint density at radius 3 is 2.69 bits per heavy atom. The standard InChI is InChI=1S/C25H34N6O3S/c1-17(2)22-14-21(8-13-31(22)25(32)33)34-20-5-10-27-23(15-20)30-11-6-18(7-12-30)28-24(35)29-19-4-3-9-26-16-19/h3-5,9-10,15-18,21-22H,6-8,11-14H2,1-2H3,(H,32,33)(H2,28,29,35). The average Bonchev–Trinajstić information content (AvgIpc) is 2.85. The number of hydrogen-bond donors (Lipinski definition) is 3. The second-order valence-corrected chi connectivity index (χ2v) is 9.91. The Morgan fingerprint density at radius 2 is 2.00 bits per heavy atom. The summed E-state index contributed by atoms with van der Waals surface area (Å²) in [5.74, 6) is 1.93. The maximum atomic E-state index is 11.6. The Labute approximate surface area is 211 Å². The van der Waals surface area contributed by atoms with Crippen LogP contribution in [0.15, 0.2) is 42.9 Å². The van der Waals surface area contributed by atoms with Crippen LogP contribution in [0.3, 0.4) is 0 Å². The third-order valence-electron chi connectivity index (χ3n) is 6.71. The number of ether oxygens (including phenoxy) is 1. The number of nitrogens with one attached hydrogen (secondary N) is 2. The van der Waals surface area contributed by atoms with Crippen molar-refractivity contribution in [1.29, 1.82) is 0 Å². The van der Waals surface area contributed by atoms with Crippen LogP contribution >= 0.6 is 12.2 Å². The first-order valence-corrected chi connectivity index (χ1v) is 12.6. The zero-order valence-electron chi connectivity index (χ0n) is 20.3. The van der Waals surface area contributed by atoms with Gasteiger partial charge in [0.25, 0.3) is 0 Å². The Kier molecular flexibility index (Phi) is 8.22. The van der Waals surface area contributed by atoms with Gasteiger partial charge in [0, 0.05) is 63.0 Å². The molecular formula is C25H34N6O3S. The highest BCUT2D eigenvalue weighted by molar-refractivity contribution is 7.80. The fourth-order valence-electron chi connectivity index (χ4n) is 4.82. The molecule has 9 nitrogen and oxygen atoms in total. The summed E-state index contributed by atoms with van der Waals surface area (Å²) in [5.41, 5.74) is 0.872. The Bertz CT molecular complexity index is 1000. The summed E-state index contributed by atoms with van der Waals surface area (Å²) in [7, 11) is 0. The van der Waals surface area contributed by atoms with E-state index >= 15 is 0 Å². The lowest BCUT2D eigenvalue weighted by molar-refractivity contribution is 0.0381. The zero-order chi connectivity index (χ0) is 24.8. The lowest BCUT2D eigenvalue weighted by Crippen LogP contribution is -2.50. The molecule has 1 amide bonds. The summed E-state index contributed by atoms with van der Waals surface area (Å²) in [6.07, 6.45) is 7.70. The van der Waals surface area contributed by atoms with Crippen LogP contribution in [0.2, 0.25) is 0 Å². The number of thiocarbonyl (C=S) groups is 1. The molecule has 2 aromatic rings. The number of carbonyl (C=O) groups is 1. The number of anilines is 2. The van der Waals surface area contributed by atoms with Crippen molar-refractivity contribution >= 4 is 34.9 Å². The maximum Gasteiger partial charge on any atom is 0.407 e. The average molecular weight is 499 g/mol. The molecule has 10 heteroatoms. The van der Waals surface area contributed by atoms with Gasteiger partial charge >= 0.3 is 6.09 Å². The molecule has 0 aliphatic carbocycles. The van der Waals surface area contributed by atoms with Crippen molar-refractivity contribution in [2.75, 3.05) is 29.9 Å². The molecule has 188 valence electrons. The van der Waals surface area contributed by atoms with Gasteiger partial charge in [-0.25, -0.2) is 9.78 Å². The Hall–Kier alpha value is -3.14. The largest absolute Gasteiger partial charge is 0.490 e. The summed E-state index contributed by atoms with van der Waals surface area (Å²) >= 11 is 5.45. The molecule has 4 rings (SSSR count). The first-order valence-electron chi connectivity index (χ1n) is 12.2. The van der Waals surface area contributed by atoms with E-state index in [1.807, 2.05) is 24.3 Å². The topological polar surface area (TPSA) is 103 Å². The number of piperidine rings is 2. The van der Waals surface area contributed by atoms with Crippen LogP contribution in [-0.4, -0.2) is 69.0 Å². The first kappa shape index (κ1) is 25.0. The summed E-state index contributed by atoms with van der Waals surface area (Å²) < 4.78 is 6.30. The van der Waals surface area contributed by atoms with Crippen LogP contribution in [0.5, 0.6) is 5.75 Å². The summed E-state index contributed by atoms with van der Waals surface area (Å²) in [5, 5.41) is 16.7. The molecule has 0 aromatic carbocycles. The van der Waals surface area contributed by atoms with E-state index in [1.54, 1.807) is 23.5 Å². The van der Waals surface area contributed by atoms with Crippen LogP contribution in [0, 0.1) is 5.92 Å². The van der Waals surface area contributed by atoms with E-state index < -0.39 is 6.09 Å². The maximum absolute atomic E-state index is 11.6. The molecule has 2 aliphatic heterocycles. The van der Waals surface area contributed by atoms with E-state index in [4.69, 9.17) is 17.0 Å². The predicted molar refractivity (Wildman–Crippen MR) is 140 cm³/mol. The number of rotatable bonds is 6. The van der Waals surface area contributed by atoms with E-state index in [1.165, 1.54) is 0 Å². The molecule has 2 unspecified atom stereocenters. The first-order chi connectivity index (χ1) is 16.9. The van der Waals surface area contributed by atoms with Crippen LogP contribution in [0.25, 0.3) is 0 Å². The van der Waals surface area contributed by atoms with Crippen LogP contribution < -0.4 is 20.3 Å². The van der Waals surface area contributed by atoms with Crippen molar-refractivity contribution in [3.63, 3.8) is 0 Å². The Balaban J connectivity index is 1.28. The second kappa shape index (κ2) is 11.5. The van der Waals surface area contributed by atoms with Gasteiger partial charge in [-0.2, -0.15) is 0 Å². The molecule has 0 bridgehead atoms. The Morgan fingerprint density at radius 1 is 1.20 bits per heavy atom. The molecule has 35 heavy (non-hydrogen) atoms. The highest BCUT2D eigenvalue weighted by atomic mass is 32.1. The summed E-state index contributed by atoms with van der Waals surface area (Å²) in [6.45, 7) is 6.37. The third-order valence-corrected chi connectivity index (χ3v) is 6.93. The summed E-state index contributed by atoms with van der Waals surface area (Å²) in [4.78, 5) is 24.1. The zero-order valence-corrected chi connectivity index (χ0v) is 21.1. The van der Waals surface area contributed by atoms with E-state index in [-0.39, 0.29) is 18.1 Å². The lowest BCUT2D eigenvalue weighted by atomic mass is 9.91.